The first-order valence-corrected chi connectivity index (χ1v) is 8.25. The normalized spacial score (nSPS) is 15.2. The third kappa shape index (κ3) is 4.07. The Bertz CT molecular complexity index is 782. The number of hydrogen-bond donors (Lipinski definition) is 1. The van der Waals surface area contributed by atoms with Gasteiger partial charge in [0.2, 0.25) is 0 Å². The largest absolute Gasteiger partial charge is 0.348 e. The zero-order valence-corrected chi connectivity index (χ0v) is 13.4. The summed E-state index contributed by atoms with van der Waals surface area (Å²) in [6, 6.07) is 8.92. The molecule has 126 valence electrons. The summed E-state index contributed by atoms with van der Waals surface area (Å²) >= 11 is 0. The molecule has 1 aliphatic carbocycles. The van der Waals surface area contributed by atoms with Crippen LogP contribution in [0.25, 0.3) is 0 Å². The number of hydrogen-bond acceptors (Lipinski definition) is 3. The fraction of sp³-hybridized carbons (Fsp3) is 0.389. The number of nitrogens with zero attached hydrogens (tertiary/aromatic N) is 2. The van der Waals surface area contributed by atoms with E-state index in [1.165, 1.54) is 35.4 Å². The van der Waals surface area contributed by atoms with E-state index in [-0.39, 0.29) is 35.6 Å². The molecule has 1 saturated carbocycles. The van der Waals surface area contributed by atoms with Crippen LogP contribution in [-0.4, -0.2) is 21.7 Å². The summed E-state index contributed by atoms with van der Waals surface area (Å²) in [7, 11) is 0. The van der Waals surface area contributed by atoms with Gasteiger partial charge in [0.05, 0.1) is 6.54 Å². The van der Waals surface area contributed by atoms with Gasteiger partial charge in [-0.25, -0.2) is 9.07 Å². The highest BCUT2D eigenvalue weighted by molar-refractivity contribution is 5.92. The smallest absolute Gasteiger partial charge is 0.271 e. The zero-order chi connectivity index (χ0) is 16.9. The van der Waals surface area contributed by atoms with Gasteiger partial charge in [-0.2, -0.15) is 5.10 Å². The number of benzene rings is 1. The van der Waals surface area contributed by atoms with Crippen LogP contribution in [0.4, 0.5) is 4.39 Å². The Kier molecular flexibility index (Phi) is 5.03. The molecule has 0 saturated heterocycles. The molecule has 1 aliphatic rings. The van der Waals surface area contributed by atoms with Crippen LogP contribution in [0.1, 0.15) is 48.2 Å². The number of amides is 1. The maximum absolute atomic E-state index is 13.3. The number of rotatable bonds is 4. The number of halogens is 1. The Morgan fingerprint density at radius 2 is 2.00 bits per heavy atom. The van der Waals surface area contributed by atoms with E-state index in [1.54, 1.807) is 12.1 Å². The molecule has 1 amide bonds. The van der Waals surface area contributed by atoms with E-state index < -0.39 is 0 Å². The number of carbonyl (C=O) groups is 1. The second-order valence-corrected chi connectivity index (χ2v) is 6.15. The van der Waals surface area contributed by atoms with Crippen molar-refractivity contribution in [3.8, 4) is 0 Å². The van der Waals surface area contributed by atoms with Gasteiger partial charge in [-0.1, -0.05) is 31.4 Å². The molecular formula is C18H20FN3O2. The van der Waals surface area contributed by atoms with Crippen LogP contribution in [0.15, 0.2) is 41.2 Å². The second-order valence-electron chi connectivity index (χ2n) is 6.15. The van der Waals surface area contributed by atoms with E-state index in [9.17, 15) is 14.0 Å². The van der Waals surface area contributed by atoms with Crippen LogP contribution in [0.5, 0.6) is 0 Å². The quantitative estimate of drug-likeness (QED) is 0.937. The van der Waals surface area contributed by atoms with E-state index in [1.807, 2.05) is 0 Å². The molecule has 3 rings (SSSR count). The monoisotopic (exact) mass is 329 g/mol. The molecule has 6 heteroatoms. The van der Waals surface area contributed by atoms with Gasteiger partial charge in [-0.3, -0.25) is 9.59 Å². The van der Waals surface area contributed by atoms with E-state index >= 15 is 0 Å². The Balaban J connectivity index is 1.75. The van der Waals surface area contributed by atoms with E-state index in [0.717, 1.165) is 25.7 Å². The van der Waals surface area contributed by atoms with Gasteiger partial charge >= 0.3 is 0 Å². The Labute approximate surface area is 139 Å². The van der Waals surface area contributed by atoms with E-state index in [2.05, 4.69) is 10.4 Å². The van der Waals surface area contributed by atoms with Crippen LogP contribution in [0, 0.1) is 5.82 Å². The summed E-state index contributed by atoms with van der Waals surface area (Å²) in [4.78, 5) is 24.3. The lowest BCUT2D eigenvalue weighted by atomic mass is 9.95. The molecular weight excluding hydrogens is 309 g/mol. The van der Waals surface area contributed by atoms with Gasteiger partial charge in [0, 0.05) is 12.1 Å². The molecule has 5 nitrogen and oxygen atoms in total. The van der Waals surface area contributed by atoms with Crippen molar-refractivity contribution in [2.45, 2.75) is 44.7 Å². The predicted octanol–water partition coefficient (Wildman–Crippen LogP) is 2.49. The van der Waals surface area contributed by atoms with Crippen molar-refractivity contribution >= 4 is 5.91 Å². The fourth-order valence-corrected chi connectivity index (χ4v) is 3.00. The van der Waals surface area contributed by atoms with Crippen molar-refractivity contribution in [1.29, 1.82) is 0 Å². The summed E-state index contributed by atoms with van der Waals surface area (Å²) in [5.41, 5.74) is 0.500. The van der Waals surface area contributed by atoms with Crippen molar-refractivity contribution in [3.05, 3.63) is 63.8 Å². The fourth-order valence-electron chi connectivity index (χ4n) is 3.00. The molecule has 1 heterocycles. The minimum atomic E-state index is -0.369. The van der Waals surface area contributed by atoms with Gasteiger partial charge in [0.1, 0.15) is 11.5 Å². The average Bonchev–Trinajstić information content (AvgIpc) is 2.58. The first kappa shape index (κ1) is 16.4. The van der Waals surface area contributed by atoms with Crippen LogP contribution < -0.4 is 10.9 Å². The average molecular weight is 329 g/mol. The maximum atomic E-state index is 13.3. The lowest BCUT2D eigenvalue weighted by Gasteiger charge is -2.22. The van der Waals surface area contributed by atoms with Crippen LogP contribution in [0.2, 0.25) is 0 Å². The summed E-state index contributed by atoms with van der Waals surface area (Å²) in [5.74, 6) is -0.637. The first-order valence-electron chi connectivity index (χ1n) is 8.25. The molecule has 1 fully saturated rings. The van der Waals surface area contributed by atoms with Crippen molar-refractivity contribution in [2.75, 3.05) is 0 Å². The van der Waals surface area contributed by atoms with Crippen LogP contribution in [0.3, 0.4) is 0 Å². The minimum absolute atomic E-state index is 0.126. The molecule has 0 bridgehead atoms. The third-order valence-electron chi connectivity index (χ3n) is 4.26. The molecule has 1 aromatic carbocycles. The number of carbonyl (C=O) groups excluding carboxylic acids is 1. The van der Waals surface area contributed by atoms with Gasteiger partial charge < -0.3 is 5.32 Å². The summed E-state index contributed by atoms with van der Waals surface area (Å²) < 4.78 is 14.5. The highest BCUT2D eigenvalue weighted by Gasteiger charge is 2.18. The highest BCUT2D eigenvalue weighted by atomic mass is 19.1. The van der Waals surface area contributed by atoms with Crippen molar-refractivity contribution in [1.82, 2.24) is 15.1 Å². The van der Waals surface area contributed by atoms with E-state index in [0.29, 0.717) is 5.56 Å². The molecule has 1 aromatic heterocycles. The zero-order valence-electron chi connectivity index (χ0n) is 13.4. The topological polar surface area (TPSA) is 64.0 Å². The summed E-state index contributed by atoms with van der Waals surface area (Å²) in [5, 5.41) is 7.11. The molecule has 0 aliphatic heterocycles. The van der Waals surface area contributed by atoms with Crippen LogP contribution >= 0.6 is 0 Å². The predicted molar refractivity (Wildman–Crippen MR) is 88.3 cm³/mol. The molecule has 0 spiro atoms. The Hall–Kier alpha value is -2.50. The van der Waals surface area contributed by atoms with E-state index in [4.69, 9.17) is 0 Å². The summed E-state index contributed by atoms with van der Waals surface area (Å²) in [6.45, 7) is 0.126. The van der Waals surface area contributed by atoms with Crippen LogP contribution in [-0.2, 0) is 6.54 Å². The molecule has 0 radical (unpaired) electrons. The lowest BCUT2D eigenvalue weighted by molar-refractivity contribution is 0.0920. The number of aromatic nitrogens is 2. The molecule has 0 unspecified atom stereocenters. The minimum Gasteiger partial charge on any atom is -0.348 e. The third-order valence-corrected chi connectivity index (χ3v) is 4.26. The maximum Gasteiger partial charge on any atom is 0.271 e. The van der Waals surface area contributed by atoms with Gasteiger partial charge in [0.15, 0.2) is 0 Å². The SMILES string of the molecule is O=C(NC1CCCCC1)c1ccc(=O)n(Cc2cccc(F)c2)n1. The molecule has 1 N–H and O–H groups in total. The first-order chi connectivity index (χ1) is 11.6. The van der Waals surface area contributed by atoms with Gasteiger partial charge in [-0.15, -0.1) is 0 Å². The molecule has 2 aromatic rings. The van der Waals surface area contributed by atoms with Gasteiger partial charge in [0.25, 0.3) is 11.5 Å². The molecule has 24 heavy (non-hydrogen) atoms. The number of nitrogens with one attached hydrogen (secondary N) is 1. The highest BCUT2D eigenvalue weighted by Crippen LogP contribution is 2.17. The standard InChI is InChI=1S/C18H20FN3O2/c19-14-6-4-5-13(11-14)12-22-17(23)10-9-16(21-22)18(24)20-15-7-2-1-3-8-15/h4-6,9-11,15H,1-3,7-8,12H2,(H,20,24). The lowest BCUT2D eigenvalue weighted by Crippen LogP contribution is -2.37. The van der Waals surface area contributed by atoms with Crippen molar-refractivity contribution in [2.24, 2.45) is 0 Å². The Morgan fingerprint density at radius 1 is 1.21 bits per heavy atom. The van der Waals surface area contributed by atoms with Crippen molar-refractivity contribution < 1.29 is 9.18 Å². The summed E-state index contributed by atoms with van der Waals surface area (Å²) in [6.07, 6.45) is 5.42. The van der Waals surface area contributed by atoms with Crippen molar-refractivity contribution in [3.63, 3.8) is 0 Å². The second kappa shape index (κ2) is 7.38. The Morgan fingerprint density at radius 3 is 2.75 bits per heavy atom. The molecule has 0 atom stereocenters. The van der Waals surface area contributed by atoms with Gasteiger partial charge in [-0.05, 0) is 36.6 Å².